The number of fused-ring (bicyclic) bond motifs is 1. The quantitative estimate of drug-likeness (QED) is 0.622. The number of ether oxygens (including phenoxy) is 1. The molecule has 3 rings (SSSR count). The van der Waals surface area contributed by atoms with Crippen molar-refractivity contribution in [3.63, 3.8) is 0 Å². The van der Waals surface area contributed by atoms with Crippen molar-refractivity contribution in [3.8, 4) is 0 Å². The summed E-state index contributed by atoms with van der Waals surface area (Å²) in [6.07, 6.45) is 3.24. The minimum atomic E-state index is -0.0727. The summed E-state index contributed by atoms with van der Waals surface area (Å²) >= 11 is 0. The molecule has 2 aromatic heterocycles. The molecule has 0 saturated heterocycles. The molecule has 0 aliphatic carbocycles. The molecule has 1 amide bonds. The van der Waals surface area contributed by atoms with E-state index in [0.717, 1.165) is 16.9 Å². The molecule has 1 aromatic carbocycles. The maximum Gasteiger partial charge on any atom is 0.255 e. The highest BCUT2D eigenvalue weighted by Gasteiger charge is 2.17. The number of imidazole rings is 1. The van der Waals surface area contributed by atoms with Crippen LogP contribution in [0.2, 0.25) is 0 Å². The van der Waals surface area contributed by atoms with E-state index in [-0.39, 0.29) is 5.91 Å². The van der Waals surface area contributed by atoms with Crippen molar-refractivity contribution in [1.29, 1.82) is 0 Å². The fourth-order valence-corrected chi connectivity index (χ4v) is 2.79. The van der Waals surface area contributed by atoms with Gasteiger partial charge in [0.2, 0.25) is 0 Å². The van der Waals surface area contributed by atoms with Gasteiger partial charge in [0.25, 0.3) is 5.91 Å². The summed E-state index contributed by atoms with van der Waals surface area (Å²) in [6.45, 7) is 4.41. The van der Waals surface area contributed by atoms with Gasteiger partial charge in [-0.25, -0.2) is 4.98 Å². The number of hydrogen-bond donors (Lipinski definition) is 0. The van der Waals surface area contributed by atoms with E-state index in [1.54, 1.807) is 36.5 Å². The monoisotopic (exact) mass is 338 g/mol. The third-order valence-electron chi connectivity index (χ3n) is 4.03. The fraction of sp³-hybridized carbons (Fsp3) is 0.316. The van der Waals surface area contributed by atoms with Crippen LogP contribution in [0.1, 0.15) is 23.1 Å². The van der Waals surface area contributed by atoms with Crippen molar-refractivity contribution in [2.75, 3.05) is 20.3 Å². The molecular weight excluding hydrogens is 316 g/mol. The Kier molecular flexibility index (Phi) is 5.40. The minimum Gasteiger partial charge on any atom is -0.380 e. The summed E-state index contributed by atoms with van der Waals surface area (Å²) in [4.78, 5) is 22.9. The van der Waals surface area contributed by atoms with Gasteiger partial charge in [0, 0.05) is 32.6 Å². The lowest BCUT2D eigenvalue weighted by Crippen LogP contribution is -2.28. The van der Waals surface area contributed by atoms with Crippen molar-refractivity contribution in [3.05, 3.63) is 60.2 Å². The van der Waals surface area contributed by atoms with Crippen molar-refractivity contribution in [1.82, 2.24) is 19.4 Å². The van der Waals surface area contributed by atoms with E-state index in [1.165, 1.54) is 0 Å². The zero-order chi connectivity index (χ0) is 17.6. The molecule has 0 radical (unpaired) electrons. The van der Waals surface area contributed by atoms with E-state index >= 15 is 0 Å². The van der Waals surface area contributed by atoms with Crippen LogP contribution in [0.15, 0.2) is 48.8 Å². The number of hydrogen-bond acceptors (Lipinski definition) is 4. The first-order valence-corrected chi connectivity index (χ1v) is 8.38. The smallest absolute Gasteiger partial charge is 0.255 e. The van der Waals surface area contributed by atoms with Gasteiger partial charge in [-0.1, -0.05) is 12.1 Å². The molecule has 0 aliphatic rings. The first-order chi connectivity index (χ1) is 12.2. The second-order valence-electron chi connectivity index (χ2n) is 5.77. The Balaban J connectivity index is 1.84. The molecule has 6 nitrogen and oxygen atoms in total. The summed E-state index contributed by atoms with van der Waals surface area (Å²) in [5.41, 5.74) is 2.55. The Morgan fingerprint density at radius 3 is 2.84 bits per heavy atom. The molecule has 6 heteroatoms. The maximum absolute atomic E-state index is 12.6. The van der Waals surface area contributed by atoms with Crippen LogP contribution in [-0.2, 0) is 17.8 Å². The molecular formula is C19H22N4O2. The average Bonchev–Trinajstić information content (AvgIpc) is 2.99. The number of aromatic nitrogens is 3. The number of para-hydroxylation sites is 2. The van der Waals surface area contributed by atoms with Crippen molar-refractivity contribution < 1.29 is 9.53 Å². The number of nitrogens with zero attached hydrogens (tertiary/aromatic N) is 4. The van der Waals surface area contributed by atoms with Gasteiger partial charge >= 0.3 is 0 Å². The summed E-state index contributed by atoms with van der Waals surface area (Å²) in [7, 11) is 1.78. The van der Waals surface area contributed by atoms with Gasteiger partial charge < -0.3 is 14.2 Å². The number of benzene rings is 1. The van der Waals surface area contributed by atoms with E-state index in [2.05, 4.69) is 9.55 Å². The molecule has 0 fully saturated rings. The third-order valence-corrected chi connectivity index (χ3v) is 4.03. The first kappa shape index (κ1) is 17.1. The number of amides is 1. The van der Waals surface area contributed by atoms with E-state index in [9.17, 15) is 4.79 Å². The number of carbonyl (C=O) groups is 1. The Labute approximate surface area is 147 Å². The summed E-state index contributed by atoms with van der Waals surface area (Å²) in [5.74, 6) is 0.775. The molecule has 0 N–H and O–H groups in total. The Hall–Kier alpha value is -2.73. The second-order valence-corrected chi connectivity index (χ2v) is 5.77. The van der Waals surface area contributed by atoms with Crippen LogP contribution < -0.4 is 0 Å². The highest BCUT2D eigenvalue weighted by molar-refractivity contribution is 5.93. The van der Waals surface area contributed by atoms with Crippen molar-refractivity contribution >= 4 is 16.9 Å². The molecule has 0 spiro atoms. The van der Waals surface area contributed by atoms with Crippen LogP contribution in [0.5, 0.6) is 0 Å². The molecule has 0 bridgehead atoms. The maximum atomic E-state index is 12.6. The van der Waals surface area contributed by atoms with Gasteiger partial charge in [0.1, 0.15) is 5.82 Å². The lowest BCUT2D eigenvalue weighted by atomic mass is 10.2. The van der Waals surface area contributed by atoms with Crippen LogP contribution >= 0.6 is 0 Å². The second kappa shape index (κ2) is 7.90. The molecule has 0 unspecified atom stereocenters. The zero-order valence-corrected chi connectivity index (χ0v) is 14.6. The van der Waals surface area contributed by atoms with Crippen LogP contribution in [-0.4, -0.2) is 45.6 Å². The van der Waals surface area contributed by atoms with E-state index in [1.807, 2.05) is 31.2 Å². The molecule has 2 heterocycles. The zero-order valence-electron chi connectivity index (χ0n) is 14.6. The first-order valence-electron chi connectivity index (χ1n) is 8.38. The number of carbonyl (C=O) groups excluding carboxylic acids is 1. The molecule has 0 aliphatic heterocycles. The largest absolute Gasteiger partial charge is 0.380 e. The van der Waals surface area contributed by atoms with Gasteiger partial charge in [-0.2, -0.15) is 0 Å². The van der Waals surface area contributed by atoms with Crippen LogP contribution in [0.4, 0.5) is 0 Å². The van der Waals surface area contributed by atoms with Gasteiger partial charge in [0.15, 0.2) is 0 Å². The van der Waals surface area contributed by atoms with Crippen LogP contribution in [0, 0.1) is 0 Å². The lowest BCUT2D eigenvalue weighted by molar-refractivity contribution is 0.0778. The average molecular weight is 338 g/mol. The third kappa shape index (κ3) is 3.85. The Morgan fingerprint density at radius 1 is 1.24 bits per heavy atom. The van der Waals surface area contributed by atoms with Gasteiger partial charge in [0.05, 0.1) is 29.7 Å². The summed E-state index contributed by atoms with van der Waals surface area (Å²) < 4.78 is 7.62. The van der Waals surface area contributed by atoms with Crippen molar-refractivity contribution in [2.45, 2.75) is 20.0 Å². The molecule has 25 heavy (non-hydrogen) atoms. The molecule has 0 saturated carbocycles. The predicted octanol–water partition coefficient (Wildman–Crippen LogP) is 2.74. The molecule has 130 valence electrons. The number of rotatable bonds is 7. The standard InChI is InChI=1S/C19H22N4O2/c1-3-25-12-11-23-17-9-5-4-8-16(17)21-18(23)14-22(2)19(24)15-7-6-10-20-13-15/h4-10,13H,3,11-12,14H2,1-2H3. The summed E-state index contributed by atoms with van der Waals surface area (Å²) in [6, 6.07) is 11.5. The van der Waals surface area contributed by atoms with E-state index in [4.69, 9.17) is 9.72 Å². The minimum absolute atomic E-state index is 0.0727. The SMILES string of the molecule is CCOCCn1c(CN(C)C(=O)c2cccnc2)nc2ccccc21. The Morgan fingerprint density at radius 2 is 2.08 bits per heavy atom. The highest BCUT2D eigenvalue weighted by atomic mass is 16.5. The lowest BCUT2D eigenvalue weighted by Gasteiger charge is -2.18. The van der Waals surface area contributed by atoms with E-state index in [0.29, 0.717) is 31.9 Å². The molecule has 3 aromatic rings. The van der Waals surface area contributed by atoms with E-state index < -0.39 is 0 Å². The molecule has 0 atom stereocenters. The van der Waals surface area contributed by atoms with Gasteiger partial charge in [-0.05, 0) is 31.2 Å². The normalized spacial score (nSPS) is 11.0. The number of pyridine rings is 1. The van der Waals surface area contributed by atoms with Crippen LogP contribution in [0.25, 0.3) is 11.0 Å². The highest BCUT2D eigenvalue weighted by Crippen LogP contribution is 2.17. The van der Waals surface area contributed by atoms with Gasteiger partial charge in [-0.3, -0.25) is 9.78 Å². The Bertz CT molecular complexity index is 845. The summed E-state index contributed by atoms with van der Waals surface area (Å²) in [5, 5.41) is 0. The van der Waals surface area contributed by atoms with Gasteiger partial charge in [-0.15, -0.1) is 0 Å². The van der Waals surface area contributed by atoms with Crippen molar-refractivity contribution in [2.24, 2.45) is 0 Å². The predicted molar refractivity (Wildman–Crippen MR) is 96.3 cm³/mol. The fourth-order valence-electron chi connectivity index (χ4n) is 2.79. The topological polar surface area (TPSA) is 60.2 Å². The van der Waals surface area contributed by atoms with Crippen LogP contribution in [0.3, 0.4) is 0 Å².